The molecule has 2 amide bonds. The number of nitrogens with one attached hydrogen (secondary N) is 1. The lowest BCUT2D eigenvalue weighted by atomic mass is 9.72. The van der Waals surface area contributed by atoms with Gasteiger partial charge in [0.15, 0.2) is 0 Å². The predicted molar refractivity (Wildman–Crippen MR) is 155 cm³/mol. The van der Waals surface area contributed by atoms with Gasteiger partial charge in [-0.05, 0) is 74.6 Å². The highest BCUT2D eigenvalue weighted by atomic mass is 35.5. The van der Waals surface area contributed by atoms with Crippen molar-refractivity contribution in [1.29, 1.82) is 0 Å². The molecule has 0 spiro atoms. The molecule has 0 aromatic heterocycles. The average molecular weight is 572 g/mol. The molecule has 1 saturated carbocycles. The third-order valence-electron chi connectivity index (χ3n) is 8.57. The Morgan fingerprint density at radius 3 is 2.70 bits per heavy atom. The third kappa shape index (κ3) is 6.97. The zero-order valence-electron chi connectivity index (χ0n) is 23.4. The Morgan fingerprint density at radius 2 is 2.00 bits per heavy atom. The summed E-state index contributed by atoms with van der Waals surface area (Å²) in [7, 11) is 1.32. The number of piperidine rings is 1. The Hall–Kier alpha value is -2.65. The molecule has 1 aliphatic carbocycles. The topological polar surface area (TPSA) is 125 Å². The zero-order valence-corrected chi connectivity index (χ0v) is 24.2. The van der Waals surface area contributed by atoms with Crippen LogP contribution in [-0.2, 0) is 21.6 Å². The van der Waals surface area contributed by atoms with Crippen molar-refractivity contribution in [3.05, 3.63) is 69.7 Å². The minimum atomic E-state index is -1.29. The number of likely N-dealkylation sites (tertiary alicyclic amines) is 1. The summed E-state index contributed by atoms with van der Waals surface area (Å²) in [6, 6.07) is 13.5. The van der Waals surface area contributed by atoms with E-state index in [-0.39, 0.29) is 23.8 Å². The van der Waals surface area contributed by atoms with Gasteiger partial charge in [-0.2, -0.15) is 0 Å². The van der Waals surface area contributed by atoms with Crippen LogP contribution < -0.4 is 11.1 Å². The van der Waals surface area contributed by atoms with E-state index in [1.807, 2.05) is 42.2 Å². The SMILES string of the molecule is COC(=O)NCCC[C@@](O)(c1cccc(Cl)c1Cc1cccc(C)c1)[C@@H]1CCCN(C(=O)[C@H]2C[C@@H](N)[C@@H](O)C2)C1. The second kappa shape index (κ2) is 13.3. The van der Waals surface area contributed by atoms with Crippen LogP contribution in [0.4, 0.5) is 4.79 Å². The average Bonchev–Trinajstić information content (AvgIpc) is 3.29. The largest absolute Gasteiger partial charge is 0.453 e. The highest BCUT2D eigenvalue weighted by Gasteiger charge is 2.44. The molecule has 1 heterocycles. The minimum absolute atomic E-state index is 0.00233. The molecule has 40 heavy (non-hydrogen) atoms. The Bertz CT molecular complexity index is 1180. The number of carbonyl (C=O) groups is 2. The zero-order chi connectivity index (χ0) is 28.9. The summed E-state index contributed by atoms with van der Waals surface area (Å²) in [5.41, 5.74) is 8.59. The Labute approximate surface area is 241 Å². The Kier molecular flexibility index (Phi) is 10.1. The van der Waals surface area contributed by atoms with Gasteiger partial charge in [0.25, 0.3) is 0 Å². The van der Waals surface area contributed by atoms with E-state index < -0.39 is 17.8 Å². The lowest BCUT2D eigenvalue weighted by molar-refractivity contribution is -0.141. The molecule has 9 heteroatoms. The van der Waals surface area contributed by atoms with Gasteiger partial charge in [0, 0.05) is 42.5 Å². The first-order valence-corrected chi connectivity index (χ1v) is 14.6. The number of nitrogens with two attached hydrogens (primary N) is 1. The summed E-state index contributed by atoms with van der Waals surface area (Å²) in [6.45, 7) is 3.41. The van der Waals surface area contributed by atoms with E-state index in [9.17, 15) is 19.8 Å². The number of hydrogen-bond acceptors (Lipinski definition) is 6. The van der Waals surface area contributed by atoms with Gasteiger partial charge in [0.1, 0.15) is 0 Å². The molecule has 2 aliphatic rings. The number of aryl methyl sites for hydroxylation is 1. The number of nitrogens with zero attached hydrogens (tertiary/aromatic N) is 1. The molecule has 2 fully saturated rings. The van der Waals surface area contributed by atoms with Crippen LogP contribution in [0.25, 0.3) is 0 Å². The summed E-state index contributed by atoms with van der Waals surface area (Å²) >= 11 is 6.79. The number of halogens is 1. The number of hydrogen-bond donors (Lipinski definition) is 4. The molecule has 2 aromatic carbocycles. The van der Waals surface area contributed by atoms with Gasteiger partial charge < -0.3 is 30.9 Å². The first-order chi connectivity index (χ1) is 19.1. The van der Waals surface area contributed by atoms with Crippen LogP contribution in [0.2, 0.25) is 5.02 Å². The second-order valence-corrected chi connectivity index (χ2v) is 11.8. The molecule has 218 valence electrons. The van der Waals surface area contributed by atoms with Crippen molar-refractivity contribution in [2.45, 2.75) is 69.6 Å². The molecule has 2 aromatic rings. The van der Waals surface area contributed by atoms with Crippen LogP contribution in [0.5, 0.6) is 0 Å². The van der Waals surface area contributed by atoms with E-state index in [4.69, 9.17) is 22.1 Å². The number of benzene rings is 2. The lowest BCUT2D eigenvalue weighted by Crippen LogP contribution is -2.50. The minimum Gasteiger partial charge on any atom is -0.453 e. The fraction of sp³-hybridized carbons (Fsp3) is 0.548. The van der Waals surface area contributed by atoms with Gasteiger partial charge in [-0.3, -0.25) is 4.79 Å². The molecule has 0 bridgehead atoms. The van der Waals surface area contributed by atoms with Crippen molar-refractivity contribution in [3.8, 4) is 0 Å². The molecular formula is C31H42ClN3O5. The lowest BCUT2D eigenvalue weighted by Gasteiger charge is -2.44. The van der Waals surface area contributed by atoms with Gasteiger partial charge in [0.05, 0.1) is 18.8 Å². The molecule has 1 saturated heterocycles. The highest BCUT2D eigenvalue weighted by molar-refractivity contribution is 6.31. The van der Waals surface area contributed by atoms with Crippen molar-refractivity contribution in [2.75, 3.05) is 26.7 Å². The van der Waals surface area contributed by atoms with E-state index in [1.165, 1.54) is 7.11 Å². The number of rotatable bonds is 9. The van der Waals surface area contributed by atoms with Crippen LogP contribution in [0.3, 0.4) is 0 Å². The predicted octanol–water partition coefficient (Wildman–Crippen LogP) is 3.90. The fourth-order valence-electron chi connectivity index (χ4n) is 6.42. The Balaban J connectivity index is 1.64. The van der Waals surface area contributed by atoms with Gasteiger partial charge in [-0.1, -0.05) is 53.6 Å². The van der Waals surface area contributed by atoms with Crippen molar-refractivity contribution in [1.82, 2.24) is 10.2 Å². The number of carbonyl (C=O) groups excluding carboxylic acids is 2. The second-order valence-electron chi connectivity index (χ2n) is 11.4. The summed E-state index contributed by atoms with van der Waals surface area (Å²) in [5.74, 6) is -0.542. The number of alkyl carbamates (subject to hydrolysis) is 1. The first kappa shape index (κ1) is 30.3. The maximum Gasteiger partial charge on any atom is 0.406 e. The van der Waals surface area contributed by atoms with E-state index in [1.54, 1.807) is 0 Å². The highest BCUT2D eigenvalue weighted by Crippen LogP contribution is 2.43. The summed E-state index contributed by atoms with van der Waals surface area (Å²) < 4.78 is 4.70. The van der Waals surface area contributed by atoms with E-state index in [0.717, 1.165) is 35.1 Å². The molecule has 5 N–H and O–H groups in total. The third-order valence-corrected chi connectivity index (χ3v) is 8.93. The van der Waals surface area contributed by atoms with E-state index in [0.29, 0.717) is 56.8 Å². The fourth-order valence-corrected chi connectivity index (χ4v) is 6.67. The smallest absolute Gasteiger partial charge is 0.406 e. The number of aliphatic hydroxyl groups excluding tert-OH is 1. The van der Waals surface area contributed by atoms with Crippen molar-refractivity contribution < 1.29 is 24.5 Å². The number of aliphatic hydroxyl groups is 2. The maximum atomic E-state index is 13.5. The summed E-state index contributed by atoms with van der Waals surface area (Å²) in [5, 5.41) is 26.0. The van der Waals surface area contributed by atoms with Crippen LogP contribution >= 0.6 is 11.6 Å². The molecule has 0 unspecified atom stereocenters. The van der Waals surface area contributed by atoms with Crippen molar-refractivity contribution in [2.24, 2.45) is 17.6 Å². The van der Waals surface area contributed by atoms with Crippen LogP contribution in [-0.4, -0.2) is 66.0 Å². The number of methoxy groups -OCH3 is 1. The van der Waals surface area contributed by atoms with Gasteiger partial charge in [-0.15, -0.1) is 0 Å². The Morgan fingerprint density at radius 1 is 1.23 bits per heavy atom. The molecule has 4 rings (SSSR count). The van der Waals surface area contributed by atoms with Gasteiger partial charge >= 0.3 is 6.09 Å². The normalized spacial score (nSPS) is 24.4. The first-order valence-electron chi connectivity index (χ1n) is 14.2. The standard InChI is InChI=1S/C31H42ClN3O5/c1-20-7-3-8-21(15-20)16-24-25(10-4-11-26(24)32)31(39,12-6-13-34-30(38)40-2)23-9-5-14-35(19-23)29(37)22-17-27(33)28(36)18-22/h3-4,7-8,10-11,15,22-23,27-28,36,39H,5-6,9,12-14,16-19,33H2,1-2H3,(H,34,38)/t22-,23+,27+,28-,31-/m0/s1. The molecule has 8 nitrogen and oxygen atoms in total. The van der Waals surface area contributed by atoms with Crippen molar-refractivity contribution in [3.63, 3.8) is 0 Å². The van der Waals surface area contributed by atoms with Crippen LogP contribution in [0, 0.1) is 18.8 Å². The van der Waals surface area contributed by atoms with Crippen LogP contribution in [0.15, 0.2) is 42.5 Å². The molecule has 1 aliphatic heterocycles. The summed E-state index contributed by atoms with van der Waals surface area (Å²) in [4.78, 5) is 26.9. The maximum absolute atomic E-state index is 13.5. The van der Waals surface area contributed by atoms with E-state index in [2.05, 4.69) is 17.4 Å². The van der Waals surface area contributed by atoms with Gasteiger partial charge in [0.2, 0.25) is 5.91 Å². The number of ether oxygens (including phenoxy) is 1. The monoisotopic (exact) mass is 571 g/mol. The molecular weight excluding hydrogens is 530 g/mol. The quantitative estimate of drug-likeness (QED) is 0.338. The van der Waals surface area contributed by atoms with Crippen molar-refractivity contribution >= 4 is 23.6 Å². The number of amides is 2. The van der Waals surface area contributed by atoms with Crippen LogP contribution in [0.1, 0.15) is 60.8 Å². The van der Waals surface area contributed by atoms with Gasteiger partial charge in [-0.25, -0.2) is 4.79 Å². The molecule has 0 radical (unpaired) electrons. The molecule has 5 atom stereocenters. The summed E-state index contributed by atoms with van der Waals surface area (Å²) in [6.07, 6.45) is 2.62. The van der Waals surface area contributed by atoms with E-state index >= 15 is 0 Å².